The van der Waals surface area contributed by atoms with Gasteiger partial charge in [-0.2, -0.15) is 0 Å². The van der Waals surface area contributed by atoms with Crippen molar-refractivity contribution < 1.29 is 22.7 Å². The number of nitrogens with one attached hydrogen (secondary N) is 1. The lowest BCUT2D eigenvalue weighted by molar-refractivity contribution is -0.119. The highest BCUT2D eigenvalue weighted by Crippen LogP contribution is 2.35. The van der Waals surface area contributed by atoms with Crippen LogP contribution in [0.2, 0.25) is 5.02 Å². The van der Waals surface area contributed by atoms with Crippen molar-refractivity contribution >= 4 is 44.9 Å². The summed E-state index contributed by atoms with van der Waals surface area (Å²) in [6.45, 7) is 1.61. The van der Waals surface area contributed by atoms with Crippen LogP contribution in [0.5, 0.6) is 0 Å². The molecule has 0 aromatic heterocycles. The quantitative estimate of drug-likeness (QED) is 0.529. The van der Waals surface area contributed by atoms with Gasteiger partial charge >= 0.3 is 5.97 Å². The molecule has 4 rings (SSSR count). The lowest BCUT2D eigenvalue weighted by Crippen LogP contribution is -2.29. The average molecular weight is 485 g/mol. The first-order chi connectivity index (χ1) is 15.8. The zero-order chi connectivity index (χ0) is 23.6. The Bertz CT molecular complexity index is 1340. The third-order valence-corrected chi connectivity index (χ3v) is 7.63. The van der Waals surface area contributed by atoms with E-state index in [0.29, 0.717) is 17.8 Å². The van der Waals surface area contributed by atoms with E-state index in [-0.39, 0.29) is 22.0 Å². The second kappa shape index (κ2) is 9.25. The lowest BCUT2D eigenvalue weighted by atomic mass is 10.2. The zero-order valence-corrected chi connectivity index (χ0v) is 19.3. The molecule has 0 saturated carbocycles. The van der Waals surface area contributed by atoms with Gasteiger partial charge in [0.05, 0.1) is 16.3 Å². The van der Waals surface area contributed by atoms with Crippen LogP contribution in [0.1, 0.15) is 21.5 Å². The minimum Gasteiger partial charge on any atom is -0.452 e. The van der Waals surface area contributed by atoms with E-state index in [2.05, 4.69) is 5.32 Å². The van der Waals surface area contributed by atoms with Crippen LogP contribution in [-0.2, 0) is 26.0 Å². The number of benzene rings is 3. The Morgan fingerprint density at radius 1 is 1.06 bits per heavy atom. The molecule has 0 fully saturated rings. The number of fused-ring (bicyclic) bond motifs is 1. The molecule has 170 valence electrons. The molecule has 0 atom stereocenters. The van der Waals surface area contributed by atoms with Crippen LogP contribution in [0.25, 0.3) is 0 Å². The highest BCUT2D eigenvalue weighted by Gasteiger charge is 2.32. The van der Waals surface area contributed by atoms with Crippen molar-refractivity contribution in [3.05, 3.63) is 88.4 Å². The van der Waals surface area contributed by atoms with Crippen molar-refractivity contribution in [1.82, 2.24) is 0 Å². The van der Waals surface area contributed by atoms with Crippen LogP contribution < -0.4 is 9.62 Å². The van der Waals surface area contributed by atoms with Crippen molar-refractivity contribution in [2.75, 3.05) is 22.8 Å². The van der Waals surface area contributed by atoms with E-state index in [4.69, 9.17) is 16.3 Å². The summed E-state index contributed by atoms with van der Waals surface area (Å²) in [5.41, 5.74) is 2.98. The largest absolute Gasteiger partial charge is 0.452 e. The zero-order valence-electron chi connectivity index (χ0n) is 17.7. The number of carbonyl (C=O) groups is 2. The van der Waals surface area contributed by atoms with Crippen LogP contribution in [-0.4, -0.2) is 33.4 Å². The van der Waals surface area contributed by atoms with Crippen molar-refractivity contribution in [3.63, 3.8) is 0 Å². The predicted octanol–water partition coefficient (Wildman–Crippen LogP) is 4.20. The van der Waals surface area contributed by atoms with Gasteiger partial charge in [-0.15, -0.1) is 0 Å². The van der Waals surface area contributed by atoms with Gasteiger partial charge in [0.15, 0.2) is 6.61 Å². The number of anilines is 2. The molecule has 1 heterocycles. The van der Waals surface area contributed by atoms with Crippen LogP contribution >= 0.6 is 11.6 Å². The Balaban J connectivity index is 1.49. The number of rotatable bonds is 6. The van der Waals surface area contributed by atoms with Crippen molar-refractivity contribution in [2.24, 2.45) is 0 Å². The van der Waals surface area contributed by atoms with Gasteiger partial charge in [0.1, 0.15) is 4.90 Å². The minimum absolute atomic E-state index is 0.00627. The summed E-state index contributed by atoms with van der Waals surface area (Å²) in [6.07, 6.45) is 0.588. The normalized spacial score (nSPS) is 12.8. The fourth-order valence-electron chi connectivity index (χ4n) is 3.62. The fourth-order valence-corrected chi connectivity index (χ4v) is 5.62. The molecule has 3 aromatic rings. The van der Waals surface area contributed by atoms with Gasteiger partial charge in [0.25, 0.3) is 15.9 Å². The number of hydrogen-bond acceptors (Lipinski definition) is 5. The number of para-hydroxylation sites is 2. The summed E-state index contributed by atoms with van der Waals surface area (Å²) in [7, 11) is -4.00. The number of amides is 1. The highest BCUT2D eigenvalue weighted by atomic mass is 35.5. The Morgan fingerprint density at radius 2 is 1.79 bits per heavy atom. The van der Waals surface area contributed by atoms with Crippen molar-refractivity contribution in [2.45, 2.75) is 18.2 Å². The van der Waals surface area contributed by atoms with E-state index in [1.54, 1.807) is 24.3 Å². The van der Waals surface area contributed by atoms with Gasteiger partial charge < -0.3 is 10.1 Å². The molecule has 1 amide bonds. The molecule has 0 aliphatic carbocycles. The Hall–Kier alpha value is -3.36. The number of esters is 1. The summed E-state index contributed by atoms with van der Waals surface area (Å²) >= 11 is 6.20. The molecule has 0 unspecified atom stereocenters. The molecule has 1 aliphatic rings. The molecule has 0 spiro atoms. The predicted molar refractivity (Wildman–Crippen MR) is 126 cm³/mol. The van der Waals surface area contributed by atoms with Gasteiger partial charge in [0.2, 0.25) is 0 Å². The van der Waals surface area contributed by atoms with E-state index < -0.39 is 28.5 Å². The first-order valence-electron chi connectivity index (χ1n) is 10.2. The number of hydrogen-bond donors (Lipinski definition) is 1. The maximum Gasteiger partial charge on any atom is 0.338 e. The SMILES string of the molecule is Cc1ccccc1NC(=O)COC(=O)c1ccc(Cl)c(S(=O)(=O)N2CCc3ccccc32)c1. The first kappa shape index (κ1) is 22.8. The maximum atomic E-state index is 13.3. The topological polar surface area (TPSA) is 92.8 Å². The number of carbonyl (C=O) groups excluding carboxylic acids is 2. The van der Waals surface area contributed by atoms with Crippen molar-refractivity contribution in [3.8, 4) is 0 Å². The summed E-state index contributed by atoms with van der Waals surface area (Å²) in [6, 6.07) is 18.3. The summed E-state index contributed by atoms with van der Waals surface area (Å²) in [4.78, 5) is 24.5. The monoisotopic (exact) mass is 484 g/mol. The molecular formula is C24H21ClN2O5S. The van der Waals surface area contributed by atoms with E-state index in [9.17, 15) is 18.0 Å². The van der Waals surface area contributed by atoms with E-state index >= 15 is 0 Å². The Kier molecular flexibility index (Phi) is 6.40. The number of halogens is 1. The molecule has 33 heavy (non-hydrogen) atoms. The molecule has 9 heteroatoms. The van der Waals surface area contributed by atoms with Crippen LogP contribution in [0.4, 0.5) is 11.4 Å². The molecular weight excluding hydrogens is 464 g/mol. The van der Waals surface area contributed by atoms with E-state index in [0.717, 1.165) is 11.1 Å². The van der Waals surface area contributed by atoms with Crippen LogP contribution in [0.15, 0.2) is 71.6 Å². The van der Waals surface area contributed by atoms with E-state index in [1.165, 1.54) is 22.5 Å². The molecule has 1 N–H and O–H groups in total. The van der Waals surface area contributed by atoms with Crippen LogP contribution in [0.3, 0.4) is 0 Å². The molecule has 3 aromatic carbocycles. The maximum absolute atomic E-state index is 13.3. The molecule has 1 aliphatic heterocycles. The number of sulfonamides is 1. The Morgan fingerprint density at radius 3 is 2.58 bits per heavy atom. The highest BCUT2D eigenvalue weighted by molar-refractivity contribution is 7.93. The molecule has 0 radical (unpaired) electrons. The minimum atomic E-state index is -4.00. The molecule has 7 nitrogen and oxygen atoms in total. The fraction of sp³-hybridized carbons (Fsp3) is 0.167. The number of ether oxygens (including phenoxy) is 1. The van der Waals surface area contributed by atoms with Gasteiger partial charge in [-0.3, -0.25) is 9.10 Å². The average Bonchev–Trinajstić information content (AvgIpc) is 3.24. The second-order valence-corrected chi connectivity index (χ2v) is 9.78. The third kappa shape index (κ3) is 4.72. The van der Waals surface area contributed by atoms with Gasteiger partial charge in [-0.05, 0) is 54.8 Å². The second-order valence-electron chi connectivity index (χ2n) is 7.54. The summed E-state index contributed by atoms with van der Waals surface area (Å²) < 4.78 is 33.0. The standard InChI is InChI=1S/C24H21ClN2O5S/c1-16-6-2-4-8-20(16)26-23(28)15-32-24(29)18-10-11-19(25)22(14-18)33(30,31)27-13-12-17-7-3-5-9-21(17)27/h2-11,14H,12-13,15H2,1H3,(H,26,28). The summed E-state index contributed by atoms with van der Waals surface area (Å²) in [5, 5.41) is 2.66. The molecule has 0 bridgehead atoms. The number of aryl methyl sites for hydroxylation is 1. The van der Waals surface area contributed by atoms with Gasteiger partial charge in [-0.1, -0.05) is 48.0 Å². The van der Waals surface area contributed by atoms with Gasteiger partial charge in [-0.25, -0.2) is 13.2 Å². The van der Waals surface area contributed by atoms with E-state index in [1.807, 2.05) is 31.2 Å². The van der Waals surface area contributed by atoms with Crippen molar-refractivity contribution in [1.29, 1.82) is 0 Å². The van der Waals surface area contributed by atoms with Gasteiger partial charge in [0, 0.05) is 12.2 Å². The first-order valence-corrected chi connectivity index (χ1v) is 12.0. The lowest BCUT2D eigenvalue weighted by Gasteiger charge is -2.20. The smallest absolute Gasteiger partial charge is 0.338 e. The third-order valence-electron chi connectivity index (χ3n) is 5.33. The molecule has 0 saturated heterocycles. The summed E-state index contributed by atoms with van der Waals surface area (Å²) in [5.74, 6) is -1.34. The Labute approximate surface area is 197 Å². The number of nitrogens with zero attached hydrogens (tertiary/aromatic N) is 1. The van der Waals surface area contributed by atoms with Crippen LogP contribution in [0, 0.1) is 6.92 Å².